The van der Waals surface area contributed by atoms with Crippen molar-refractivity contribution in [3.05, 3.63) is 0 Å². The first-order chi connectivity index (χ1) is 10.3. The van der Waals surface area contributed by atoms with Gasteiger partial charge < -0.3 is 10.2 Å². The van der Waals surface area contributed by atoms with Crippen LogP contribution in [-0.2, 0) is 0 Å². The lowest BCUT2D eigenvalue weighted by Crippen LogP contribution is -2.45. The summed E-state index contributed by atoms with van der Waals surface area (Å²) in [7, 11) is 2.36. The summed E-state index contributed by atoms with van der Waals surface area (Å²) < 4.78 is 0. The van der Waals surface area contributed by atoms with E-state index in [1.165, 1.54) is 77.2 Å². The topological polar surface area (TPSA) is 15.3 Å². The molecule has 2 aliphatic carbocycles. The SMILES string of the molecule is CN1C2CCC1CC(CNC1CCC3CCCCC3C1)C2. The fourth-order valence-electron chi connectivity index (χ4n) is 6.08. The van der Waals surface area contributed by atoms with Crippen LogP contribution in [0.4, 0.5) is 0 Å². The third-order valence-corrected chi connectivity index (χ3v) is 7.43. The Kier molecular flexibility index (Phi) is 4.28. The van der Waals surface area contributed by atoms with Crippen molar-refractivity contribution >= 4 is 0 Å². The highest BCUT2D eigenvalue weighted by Gasteiger charge is 2.38. The van der Waals surface area contributed by atoms with Crippen LogP contribution in [-0.4, -0.2) is 36.6 Å². The maximum absolute atomic E-state index is 3.99. The minimum absolute atomic E-state index is 0.849. The fraction of sp³-hybridized carbons (Fsp3) is 1.00. The van der Waals surface area contributed by atoms with Crippen molar-refractivity contribution in [1.29, 1.82) is 0 Å². The van der Waals surface area contributed by atoms with E-state index in [0.29, 0.717) is 0 Å². The molecule has 0 radical (unpaired) electrons. The zero-order chi connectivity index (χ0) is 14.2. The molecular formula is C19H34N2. The van der Waals surface area contributed by atoms with Gasteiger partial charge in [0.05, 0.1) is 0 Å². The van der Waals surface area contributed by atoms with Crippen molar-refractivity contribution in [2.75, 3.05) is 13.6 Å². The largest absolute Gasteiger partial charge is 0.314 e. The number of fused-ring (bicyclic) bond motifs is 3. The van der Waals surface area contributed by atoms with Gasteiger partial charge in [-0.05, 0) is 76.3 Å². The molecule has 21 heavy (non-hydrogen) atoms. The number of rotatable bonds is 3. The first-order valence-corrected chi connectivity index (χ1v) is 9.75. The first-order valence-electron chi connectivity index (χ1n) is 9.75. The molecule has 2 heteroatoms. The standard InChI is InChI=1S/C19H34N2/c1-21-18-8-9-19(21)11-14(10-18)13-20-17-7-6-15-4-2-3-5-16(15)12-17/h14-20H,2-13H2,1H3. The van der Waals surface area contributed by atoms with Crippen LogP contribution in [0.3, 0.4) is 0 Å². The monoisotopic (exact) mass is 290 g/mol. The number of hydrogen-bond donors (Lipinski definition) is 1. The molecule has 0 spiro atoms. The Labute approximate surface area is 131 Å². The van der Waals surface area contributed by atoms with Crippen molar-refractivity contribution in [3.63, 3.8) is 0 Å². The predicted molar refractivity (Wildman–Crippen MR) is 88.4 cm³/mol. The smallest absolute Gasteiger partial charge is 0.00988 e. The Morgan fingerprint density at radius 1 is 0.810 bits per heavy atom. The normalized spacial score (nSPS) is 47.3. The number of hydrogen-bond acceptors (Lipinski definition) is 2. The molecule has 1 N–H and O–H groups in total. The van der Waals surface area contributed by atoms with Crippen LogP contribution < -0.4 is 5.32 Å². The second-order valence-electron chi connectivity index (χ2n) is 8.61. The predicted octanol–water partition coefficient (Wildman–Crippen LogP) is 3.81. The zero-order valence-corrected chi connectivity index (χ0v) is 13.9. The van der Waals surface area contributed by atoms with Gasteiger partial charge in [0.25, 0.3) is 0 Å². The lowest BCUT2D eigenvalue weighted by molar-refractivity contribution is 0.117. The van der Waals surface area contributed by atoms with E-state index in [0.717, 1.165) is 35.9 Å². The average Bonchev–Trinajstić information content (AvgIpc) is 2.75. The van der Waals surface area contributed by atoms with Crippen LogP contribution >= 0.6 is 0 Å². The van der Waals surface area contributed by atoms with E-state index < -0.39 is 0 Å². The summed E-state index contributed by atoms with van der Waals surface area (Å²) in [5.74, 6) is 3.12. The molecule has 4 rings (SSSR count). The summed E-state index contributed by atoms with van der Waals surface area (Å²) in [4.78, 5) is 2.67. The van der Waals surface area contributed by atoms with Gasteiger partial charge in [-0.15, -0.1) is 0 Å². The minimum atomic E-state index is 0.849. The van der Waals surface area contributed by atoms with Crippen LogP contribution in [0.2, 0.25) is 0 Å². The molecule has 5 atom stereocenters. The van der Waals surface area contributed by atoms with Crippen LogP contribution in [0.15, 0.2) is 0 Å². The number of nitrogens with one attached hydrogen (secondary N) is 1. The van der Waals surface area contributed by atoms with E-state index in [1.54, 1.807) is 0 Å². The van der Waals surface area contributed by atoms with Crippen LogP contribution in [0, 0.1) is 17.8 Å². The summed E-state index contributed by atoms with van der Waals surface area (Å²) in [5, 5.41) is 3.99. The summed E-state index contributed by atoms with van der Waals surface area (Å²) >= 11 is 0. The van der Waals surface area contributed by atoms with Crippen molar-refractivity contribution in [3.8, 4) is 0 Å². The minimum Gasteiger partial charge on any atom is -0.314 e. The third kappa shape index (κ3) is 3.03. The molecule has 0 aromatic rings. The molecular weight excluding hydrogens is 256 g/mol. The van der Waals surface area contributed by atoms with E-state index in [2.05, 4.69) is 17.3 Å². The average molecular weight is 290 g/mol. The molecule has 2 nitrogen and oxygen atoms in total. The Balaban J connectivity index is 1.24. The molecule has 2 saturated heterocycles. The van der Waals surface area contributed by atoms with E-state index in [9.17, 15) is 0 Å². The van der Waals surface area contributed by atoms with Crippen molar-refractivity contribution in [2.45, 2.75) is 88.8 Å². The molecule has 0 aromatic carbocycles. The van der Waals surface area contributed by atoms with Gasteiger partial charge in [0.15, 0.2) is 0 Å². The number of nitrogens with zero attached hydrogens (tertiary/aromatic N) is 1. The van der Waals surface area contributed by atoms with Crippen molar-refractivity contribution in [2.24, 2.45) is 17.8 Å². The van der Waals surface area contributed by atoms with E-state index in [4.69, 9.17) is 0 Å². The van der Waals surface area contributed by atoms with Gasteiger partial charge in [-0.25, -0.2) is 0 Å². The summed E-state index contributed by atoms with van der Waals surface area (Å²) in [6.45, 7) is 1.31. The van der Waals surface area contributed by atoms with Gasteiger partial charge in [-0.2, -0.15) is 0 Å². The first kappa shape index (κ1) is 14.5. The third-order valence-electron chi connectivity index (χ3n) is 7.43. The van der Waals surface area contributed by atoms with Crippen LogP contribution in [0.25, 0.3) is 0 Å². The van der Waals surface area contributed by atoms with Crippen LogP contribution in [0.5, 0.6) is 0 Å². The second kappa shape index (κ2) is 6.20. The molecule has 4 fully saturated rings. The summed E-state index contributed by atoms with van der Waals surface area (Å²) in [6.07, 6.45) is 16.4. The van der Waals surface area contributed by atoms with Gasteiger partial charge >= 0.3 is 0 Å². The maximum atomic E-state index is 3.99. The van der Waals surface area contributed by atoms with Gasteiger partial charge in [-0.1, -0.05) is 25.7 Å². The highest BCUT2D eigenvalue weighted by molar-refractivity contribution is 4.94. The molecule has 0 amide bonds. The molecule has 2 aliphatic heterocycles. The second-order valence-corrected chi connectivity index (χ2v) is 8.61. The summed E-state index contributed by atoms with van der Waals surface area (Å²) in [6, 6.07) is 2.66. The Morgan fingerprint density at radius 2 is 1.52 bits per heavy atom. The van der Waals surface area contributed by atoms with Crippen LogP contribution in [0.1, 0.15) is 70.6 Å². The molecule has 4 aliphatic rings. The van der Waals surface area contributed by atoms with Gasteiger partial charge in [0, 0.05) is 18.1 Å². The Morgan fingerprint density at radius 3 is 2.29 bits per heavy atom. The van der Waals surface area contributed by atoms with E-state index in [1.807, 2.05) is 0 Å². The lowest BCUT2D eigenvalue weighted by Gasteiger charge is -2.41. The van der Waals surface area contributed by atoms with Gasteiger partial charge in [0.2, 0.25) is 0 Å². The molecule has 5 unspecified atom stereocenters. The highest BCUT2D eigenvalue weighted by atomic mass is 15.2. The van der Waals surface area contributed by atoms with Crippen molar-refractivity contribution in [1.82, 2.24) is 10.2 Å². The molecule has 120 valence electrons. The maximum Gasteiger partial charge on any atom is 0.00988 e. The number of piperidine rings is 1. The Bertz CT molecular complexity index is 341. The van der Waals surface area contributed by atoms with Crippen molar-refractivity contribution < 1.29 is 0 Å². The lowest BCUT2D eigenvalue weighted by atomic mass is 9.69. The van der Waals surface area contributed by atoms with E-state index in [-0.39, 0.29) is 0 Å². The zero-order valence-electron chi connectivity index (χ0n) is 13.9. The molecule has 2 heterocycles. The Hall–Kier alpha value is -0.0800. The fourth-order valence-corrected chi connectivity index (χ4v) is 6.08. The quantitative estimate of drug-likeness (QED) is 0.850. The van der Waals surface area contributed by atoms with Gasteiger partial charge in [-0.3, -0.25) is 0 Å². The van der Waals surface area contributed by atoms with Gasteiger partial charge in [0.1, 0.15) is 0 Å². The highest BCUT2D eigenvalue weighted by Crippen LogP contribution is 2.41. The molecule has 2 saturated carbocycles. The summed E-state index contributed by atoms with van der Waals surface area (Å²) in [5.41, 5.74) is 0. The van der Waals surface area contributed by atoms with E-state index >= 15 is 0 Å². The molecule has 0 aromatic heterocycles. The molecule has 2 bridgehead atoms.